The van der Waals surface area contributed by atoms with Crippen LogP contribution in [0.5, 0.6) is 5.88 Å². The second-order valence-electron chi connectivity index (χ2n) is 2.89. The van der Waals surface area contributed by atoms with Crippen molar-refractivity contribution in [2.45, 2.75) is 13.5 Å². The van der Waals surface area contributed by atoms with Gasteiger partial charge in [-0.15, -0.1) is 5.10 Å². The first-order valence-electron chi connectivity index (χ1n) is 4.44. The normalized spacial score (nSPS) is 9.00. The molecule has 0 spiro atoms. The molecule has 5 heteroatoms. The van der Waals surface area contributed by atoms with Gasteiger partial charge in [-0.25, -0.2) is 0 Å². The number of carbonyl (C=O) groups is 1. The van der Waals surface area contributed by atoms with Crippen molar-refractivity contribution in [3.05, 3.63) is 11.8 Å². The van der Waals surface area contributed by atoms with Crippen LogP contribution >= 0.6 is 0 Å². The lowest BCUT2D eigenvalue weighted by atomic mass is 10.3. The largest absolute Gasteiger partial charge is 0.480 e. The molecule has 0 unspecified atom stereocenters. The van der Waals surface area contributed by atoms with Gasteiger partial charge in [0.05, 0.1) is 19.2 Å². The number of nitrogens with one attached hydrogen (secondary N) is 1. The molecule has 1 aromatic rings. The highest BCUT2D eigenvalue weighted by molar-refractivity contribution is 5.93. The average molecular weight is 207 g/mol. The average Bonchev–Trinajstić information content (AvgIpc) is 2.56. The van der Waals surface area contributed by atoms with E-state index in [2.05, 4.69) is 22.3 Å². The second kappa shape index (κ2) is 5.05. The van der Waals surface area contributed by atoms with E-state index < -0.39 is 0 Å². The summed E-state index contributed by atoms with van der Waals surface area (Å²) in [5.41, 5.74) is 0.825. The van der Waals surface area contributed by atoms with Crippen molar-refractivity contribution in [2.24, 2.45) is 7.05 Å². The Bertz CT molecular complexity index is 412. The minimum absolute atomic E-state index is 0.302. The molecular weight excluding hydrogens is 194 g/mol. The van der Waals surface area contributed by atoms with Crippen LogP contribution in [0.1, 0.15) is 12.5 Å². The molecule has 5 nitrogen and oxygen atoms in total. The van der Waals surface area contributed by atoms with E-state index in [4.69, 9.17) is 4.74 Å². The minimum atomic E-state index is -0.302. The third-order valence-corrected chi connectivity index (χ3v) is 1.74. The van der Waals surface area contributed by atoms with Crippen molar-refractivity contribution in [2.75, 3.05) is 7.11 Å². The van der Waals surface area contributed by atoms with Crippen molar-refractivity contribution in [3.63, 3.8) is 0 Å². The molecule has 1 rings (SSSR count). The van der Waals surface area contributed by atoms with Crippen LogP contribution in [0.25, 0.3) is 0 Å². The molecule has 15 heavy (non-hydrogen) atoms. The Morgan fingerprint density at radius 1 is 1.73 bits per heavy atom. The Hall–Kier alpha value is -1.96. The zero-order valence-corrected chi connectivity index (χ0v) is 9.00. The molecule has 0 fully saturated rings. The van der Waals surface area contributed by atoms with E-state index in [0.717, 1.165) is 5.56 Å². The molecular formula is C10H13N3O2. The fraction of sp³-hybridized carbons (Fsp3) is 0.400. The molecule has 0 saturated carbocycles. The van der Waals surface area contributed by atoms with E-state index in [0.29, 0.717) is 12.4 Å². The van der Waals surface area contributed by atoms with Gasteiger partial charge in [0.25, 0.3) is 5.91 Å². The van der Waals surface area contributed by atoms with Gasteiger partial charge in [0.1, 0.15) is 0 Å². The zero-order valence-electron chi connectivity index (χ0n) is 9.00. The minimum Gasteiger partial charge on any atom is -0.480 e. The molecule has 0 aromatic carbocycles. The van der Waals surface area contributed by atoms with Gasteiger partial charge < -0.3 is 10.1 Å². The van der Waals surface area contributed by atoms with Crippen LogP contribution in [0.4, 0.5) is 0 Å². The monoisotopic (exact) mass is 207 g/mol. The molecule has 80 valence electrons. The van der Waals surface area contributed by atoms with E-state index in [1.807, 2.05) is 0 Å². The summed E-state index contributed by atoms with van der Waals surface area (Å²) in [7, 11) is 3.33. The van der Waals surface area contributed by atoms with Crippen LogP contribution in [-0.4, -0.2) is 22.8 Å². The van der Waals surface area contributed by atoms with Crippen LogP contribution in [-0.2, 0) is 18.4 Å². The van der Waals surface area contributed by atoms with E-state index in [9.17, 15) is 4.79 Å². The number of aryl methyl sites for hydroxylation is 1. The molecule has 1 amide bonds. The number of aromatic nitrogens is 2. The highest BCUT2D eigenvalue weighted by atomic mass is 16.5. The summed E-state index contributed by atoms with van der Waals surface area (Å²) in [6.45, 7) is 1.98. The molecule has 1 heterocycles. The number of amides is 1. The van der Waals surface area contributed by atoms with Gasteiger partial charge in [-0.3, -0.25) is 9.48 Å². The summed E-state index contributed by atoms with van der Waals surface area (Å²) >= 11 is 0. The van der Waals surface area contributed by atoms with Gasteiger partial charge in [-0.05, 0) is 12.8 Å². The lowest BCUT2D eigenvalue weighted by molar-refractivity contribution is -0.115. The maximum Gasteiger partial charge on any atom is 0.296 e. The third kappa shape index (κ3) is 3.02. The summed E-state index contributed by atoms with van der Waals surface area (Å²) in [6, 6.07) is 0. The number of hydrogen-bond acceptors (Lipinski definition) is 3. The smallest absolute Gasteiger partial charge is 0.296 e. The molecule has 0 aliphatic heterocycles. The van der Waals surface area contributed by atoms with Crippen LogP contribution < -0.4 is 10.1 Å². The quantitative estimate of drug-likeness (QED) is 0.713. The van der Waals surface area contributed by atoms with Gasteiger partial charge in [-0.1, -0.05) is 5.92 Å². The van der Waals surface area contributed by atoms with Crippen molar-refractivity contribution < 1.29 is 9.53 Å². The Morgan fingerprint density at radius 3 is 3.07 bits per heavy atom. The number of rotatable bonds is 3. The van der Waals surface area contributed by atoms with Crippen LogP contribution in [0.3, 0.4) is 0 Å². The van der Waals surface area contributed by atoms with Gasteiger partial charge in [0.2, 0.25) is 5.88 Å². The van der Waals surface area contributed by atoms with Crippen LogP contribution in [0.2, 0.25) is 0 Å². The van der Waals surface area contributed by atoms with Crippen molar-refractivity contribution in [1.29, 1.82) is 0 Å². The molecule has 0 radical (unpaired) electrons. The lowest BCUT2D eigenvalue weighted by Crippen LogP contribution is -2.20. The van der Waals surface area contributed by atoms with Gasteiger partial charge in [-0.2, -0.15) is 0 Å². The number of carbonyl (C=O) groups excluding carboxylic acids is 1. The Morgan fingerprint density at radius 2 is 2.47 bits per heavy atom. The molecule has 0 aliphatic carbocycles. The Balaban J connectivity index is 2.63. The topological polar surface area (TPSA) is 56.2 Å². The Labute approximate surface area is 88.4 Å². The van der Waals surface area contributed by atoms with Crippen LogP contribution in [0, 0.1) is 11.8 Å². The predicted molar refractivity (Wildman–Crippen MR) is 55.1 cm³/mol. The summed E-state index contributed by atoms with van der Waals surface area (Å²) in [5.74, 6) is 5.13. The van der Waals surface area contributed by atoms with Crippen molar-refractivity contribution in [3.8, 4) is 17.7 Å². The summed E-state index contributed by atoms with van der Waals surface area (Å²) in [4.78, 5) is 11.1. The van der Waals surface area contributed by atoms with Gasteiger partial charge in [0, 0.05) is 13.2 Å². The zero-order chi connectivity index (χ0) is 11.3. The Kier molecular flexibility index (Phi) is 3.75. The summed E-state index contributed by atoms with van der Waals surface area (Å²) in [6.07, 6.45) is 1.79. The van der Waals surface area contributed by atoms with Crippen molar-refractivity contribution >= 4 is 5.91 Å². The summed E-state index contributed by atoms with van der Waals surface area (Å²) in [5, 5.41) is 6.70. The highest BCUT2D eigenvalue weighted by Gasteiger charge is 2.07. The highest BCUT2D eigenvalue weighted by Crippen LogP contribution is 2.13. The van der Waals surface area contributed by atoms with Gasteiger partial charge >= 0.3 is 0 Å². The number of nitrogens with zero attached hydrogens (tertiary/aromatic N) is 2. The maximum atomic E-state index is 11.1. The third-order valence-electron chi connectivity index (χ3n) is 1.74. The molecule has 1 aromatic heterocycles. The van der Waals surface area contributed by atoms with E-state index in [1.54, 1.807) is 32.0 Å². The van der Waals surface area contributed by atoms with Gasteiger partial charge in [0.15, 0.2) is 0 Å². The fourth-order valence-corrected chi connectivity index (χ4v) is 1.14. The predicted octanol–water partition coefficient (Wildman–Crippen LogP) is 0.0682. The summed E-state index contributed by atoms with van der Waals surface area (Å²) < 4.78 is 6.67. The number of hydrogen-bond donors (Lipinski definition) is 1. The second-order valence-corrected chi connectivity index (χ2v) is 2.89. The molecule has 0 aliphatic rings. The van der Waals surface area contributed by atoms with Crippen molar-refractivity contribution in [1.82, 2.24) is 15.1 Å². The number of ether oxygens (including phenoxy) is 1. The first-order valence-corrected chi connectivity index (χ1v) is 4.44. The maximum absolute atomic E-state index is 11.1. The van der Waals surface area contributed by atoms with E-state index >= 15 is 0 Å². The molecule has 0 saturated heterocycles. The SMILES string of the molecule is CC#CC(=O)NCc1cn(C)nc1OC. The first-order chi connectivity index (χ1) is 7.17. The standard InChI is InChI=1S/C10H13N3O2/c1-4-5-9(14)11-6-8-7-13(2)12-10(8)15-3/h7H,6H2,1-3H3,(H,11,14). The van der Waals surface area contributed by atoms with E-state index in [-0.39, 0.29) is 5.91 Å². The van der Waals surface area contributed by atoms with Crippen LogP contribution in [0.15, 0.2) is 6.20 Å². The fourth-order valence-electron chi connectivity index (χ4n) is 1.14. The molecule has 1 N–H and O–H groups in total. The molecule has 0 bridgehead atoms. The first kappa shape index (κ1) is 11.1. The van der Waals surface area contributed by atoms with E-state index in [1.165, 1.54) is 0 Å². The lowest BCUT2D eigenvalue weighted by Gasteiger charge is -2.00. The molecule has 0 atom stereocenters. The number of methoxy groups -OCH3 is 1.